The summed E-state index contributed by atoms with van der Waals surface area (Å²) in [5, 5.41) is 9.05. The molecule has 0 aromatic heterocycles. The fourth-order valence-electron chi connectivity index (χ4n) is 1.49. The molecule has 0 spiro atoms. The van der Waals surface area contributed by atoms with Crippen molar-refractivity contribution >= 4 is 5.91 Å². The zero-order valence-electron chi connectivity index (χ0n) is 7.79. The van der Waals surface area contributed by atoms with E-state index in [2.05, 4.69) is 6.92 Å². The van der Waals surface area contributed by atoms with Crippen molar-refractivity contribution in [3.63, 3.8) is 0 Å². The van der Waals surface area contributed by atoms with Crippen molar-refractivity contribution in [1.82, 2.24) is 4.90 Å². The van der Waals surface area contributed by atoms with Crippen molar-refractivity contribution < 1.29 is 9.90 Å². The normalized spacial score (nSPS) is 22.4. The molecule has 0 bridgehead atoms. The molecule has 1 aliphatic rings. The number of rotatable bonds is 1. The number of likely N-dealkylation sites (tertiary alicyclic amines) is 1. The third-order valence-corrected chi connectivity index (χ3v) is 2.45. The molecule has 12 heavy (non-hydrogen) atoms. The molecular weight excluding hydrogens is 154 g/mol. The molecular formula is C9H17NO2. The smallest absolute Gasteiger partial charge is 0.251 e. The fraction of sp³-hybridized carbons (Fsp3) is 0.889. The van der Waals surface area contributed by atoms with Gasteiger partial charge < -0.3 is 10.0 Å². The summed E-state index contributed by atoms with van der Waals surface area (Å²) in [4.78, 5) is 13.0. The number of nitrogens with zero attached hydrogens (tertiary/aromatic N) is 1. The molecule has 1 fully saturated rings. The van der Waals surface area contributed by atoms with E-state index >= 15 is 0 Å². The lowest BCUT2D eigenvalue weighted by atomic mass is 9.99. The van der Waals surface area contributed by atoms with Gasteiger partial charge in [-0.05, 0) is 25.7 Å². The third kappa shape index (κ3) is 2.21. The largest absolute Gasteiger partial charge is 0.384 e. The second-order valence-electron chi connectivity index (χ2n) is 3.68. The third-order valence-electron chi connectivity index (χ3n) is 2.45. The molecule has 1 amide bonds. The van der Waals surface area contributed by atoms with Crippen molar-refractivity contribution in [3.05, 3.63) is 0 Å². The molecule has 1 atom stereocenters. The Kier molecular flexibility index (Phi) is 3.09. The molecule has 1 heterocycles. The summed E-state index contributed by atoms with van der Waals surface area (Å²) in [6.45, 7) is 5.35. The van der Waals surface area contributed by atoms with Crippen LogP contribution in [0.1, 0.15) is 26.7 Å². The van der Waals surface area contributed by atoms with E-state index in [1.165, 1.54) is 6.92 Å². The average Bonchev–Trinajstić information content (AvgIpc) is 2.04. The van der Waals surface area contributed by atoms with Crippen LogP contribution in [0, 0.1) is 5.92 Å². The molecule has 1 saturated heterocycles. The van der Waals surface area contributed by atoms with Gasteiger partial charge in [0.25, 0.3) is 5.91 Å². The minimum absolute atomic E-state index is 0.123. The second kappa shape index (κ2) is 3.90. The van der Waals surface area contributed by atoms with Gasteiger partial charge in [-0.3, -0.25) is 4.79 Å². The molecule has 1 N–H and O–H groups in total. The van der Waals surface area contributed by atoms with Gasteiger partial charge in [-0.2, -0.15) is 0 Å². The summed E-state index contributed by atoms with van der Waals surface area (Å²) in [6, 6.07) is 0. The van der Waals surface area contributed by atoms with Gasteiger partial charge in [0.1, 0.15) is 6.10 Å². The maximum atomic E-state index is 11.3. The monoisotopic (exact) mass is 171 g/mol. The van der Waals surface area contributed by atoms with Crippen LogP contribution in [0.3, 0.4) is 0 Å². The Morgan fingerprint density at radius 2 is 2.00 bits per heavy atom. The highest BCUT2D eigenvalue weighted by atomic mass is 16.3. The minimum Gasteiger partial charge on any atom is -0.384 e. The lowest BCUT2D eigenvalue weighted by Crippen LogP contribution is -2.42. The van der Waals surface area contributed by atoms with E-state index in [4.69, 9.17) is 5.11 Å². The standard InChI is InChI=1S/C9H17NO2/c1-7-3-5-10(6-4-7)9(12)8(2)11/h7-8,11H,3-6H2,1-2H3. The predicted molar refractivity (Wildman–Crippen MR) is 46.7 cm³/mol. The van der Waals surface area contributed by atoms with Crippen molar-refractivity contribution in [2.45, 2.75) is 32.8 Å². The van der Waals surface area contributed by atoms with Crippen LogP contribution in [0.5, 0.6) is 0 Å². The topological polar surface area (TPSA) is 40.5 Å². The molecule has 3 nitrogen and oxygen atoms in total. The van der Waals surface area contributed by atoms with Crippen LogP contribution in [0.4, 0.5) is 0 Å². The average molecular weight is 171 g/mol. The summed E-state index contributed by atoms with van der Waals surface area (Å²) >= 11 is 0. The number of hydrogen-bond donors (Lipinski definition) is 1. The quantitative estimate of drug-likeness (QED) is 0.628. The zero-order chi connectivity index (χ0) is 9.14. The molecule has 3 heteroatoms. The van der Waals surface area contributed by atoms with Gasteiger partial charge in [0.05, 0.1) is 0 Å². The van der Waals surface area contributed by atoms with Crippen molar-refractivity contribution in [1.29, 1.82) is 0 Å². The fourth-order valence-corrected chi connectivity index (χ4v) is 1.49. The van der Waals surface area contributed by atoms with Crippen LogP contribution in [-0.2, 0) is 4.79 Å². The lowest BCUT2D eigenvalue weighted by molar-refractivity contribution is -0.140. The van der Waals surface area contributed by atoms with Gasteiger partial charge in [0, 0.05) is 13.1 Å². The summed E-state index contributed by atoms with van der Waals surface area (Å²) < 4.78 is 0. The molecule has 70 valence electrons. The number of hydrogen-bond acceptors (Lipinski definition) is 2. The number of carbonyl (C=O) groups is 1. The Morgan fingerprint density at radius 3 is 2.42 bits per heavy atom. The van der Waals surface area contributed by atoms with Gasteiger partial charge in [-0.25, -0.2) is 0 Å². The van der Waals surface area contributed by atoms with Crippen LogP contribution in [0.2, 0.25) is 0 Å². The molecule has 1 unspecified atom stereocenters. The molecule has 0 radical (unpaired) electrons. The van der Waals surface area contributed by atoms with Crippen molar-refractivity contribution in [3.8, 4) is 0 Å². The first-order valence-corrected chi connectivity index (χ1v) is 4.58. The van der Waals surface area contributed by atoms with E-state index < -0.39 is 6.10 Å². The van der Waals surface area contributed by atoms with Gasteiger partial charge >= 0.3 is 0 Å². The van der Waals surface area contributed by atoms with E-state index in [9.17, 15) is 4.79 Å². The lowest BCUT2D eigenvalue weighted by Gasteiger charge is -2.31. The summed E-state index contributed by atoms with van der Waals surface area (Å²) in [5.41, 5.74) is 0. The number of amides is 1. The first kappa shape index (κ1) is 9.52. The van der Waals surface area contributed by atoms with Gasteiger partial charge in [-0.1, -0.05) is 6.92 Å². The van der Waals surface area contributed by atoms with Crippen LogP contribution >= 0.6 is 0 Å². The van der Waals surface area contributed by atoms with Gasteiger partial charge in [0.2, 0.25) is 0 Å². The number of carbonyl (C=O) groups excluding carboxylic acids is 1. The molecule has 0 saturated carbocycles. The number of piperidine rings is 1. The first-order chi connectivity index (χ1) is 5.61. The van der Waals surface area contributed by atoms with Crippen LogP contribution in [0.15, 0.2) is 0 Å². The Morgan fingerprint density at radius 1 is 1.50 bits per heavy atom. The number of aliphatic hydroxyl groups excluding tert-OH is 1. The highest BCUT2D eigenvalue weighted by Crippen LogP contribution is 2.16. The van der Waals surface area contributed by atoms with Crippen LogP contribution < -0.4 is 0 Å². The van der Waals surface area contributed by atoms with Gasteiger partial charge in [-0.15, -0.1) is 0 Å². The Hall–Kier alpha value is -0.570. The van der Waals surface area contributed by atoms with E-state index in [1.807, 2.05) is 0 Å². The number of aliphatic hydroxyl groups is 1. The summed E-state index contributed by atoms with van der Waals surface area (Å²) in [5.74, 6) is 0.602. The first-order valence-electron chi connectivity index (χ1n) is 4.58. The van der Waals surface area contributed by atoms with E-state index in [0.717, 1.165) is 31.8 Å². The van der Waals surface area contributed by atoms with Gasteiger partial charge in [0.15, 0.2) is 0 Å². The second-order valence-corrected chi connectivity index (χ2v) is 3.68. The van der Waals surface area contributed by atoms with Crippen molar-refractivity contribution in [2.75, 3.05) is 13.1 Å². The SMILES string of the molecule is CC1CCN(C(=O)C(C)O)CC1. The highest BCUT2D eigenvalue weighted by Gasteiger charge is 2.22. The molecule has 1 rings (SSSR count). The highest BCUT2D eigenvalue weighted by molar-refractivity contribution is 5.80. The summed E-state index contributed by atoms with van der Waals surface area (Å²) in [7, 11) is 0. The van der Waals surface area contributed by atoms with E-state index in [1.54, 1.807) is 4.90 Å². The Balaban J connectivity index is 2.39. The van der Waals surface area contributed by atoms with Crippen LogP contribution in [-0.4, -0.2) is 35.1 Å². The Bertz CT molecular complexity index is 160. The Labute approximate surface area is 73.4 Å². The molecule has 0 aromatic rings. The maximum absolute atomic E-state index is 11.3. The van der Waals surface area contributed by atoms with E-state index in [-0.39, 0.29) is 5.91 Å². The molecule has 1 aliphatic heterocycles. The molecule has 0 aromatic carbocycles. The van der Waals surface area contributed by atoms with E-state index in [0.29, 0.717) is 0 Å². The van der Waals surface area contributed by atoms with Crippen molar-refractivity contribution in [2.24, 2.45) is 5.92 Å². The zero-order valence-corrected chi connectivity index (χ0v) is 7.79. The minimum atomic E-state index is -0.835. The molecule has 0 aliphatic carbocycles. The predicted octanol–water partition coefficient (Wildman–Crippen LogP) is 0.626. The summed E-state index contributed by atoms with van der Waals surface area (Å²) in [6.07, 6.45) is 1.30. The maximum Gasteiger partial charge on any atom is 0.251 e. The van der Waals surface area contributed by atoms with Crippen LogP contribution in [0.25, 0.3) is 0 Å².